The van der Waals surface area contributed by atoms with Crippen molar-refractivity contribution in [1.82, 2.24) is 5.32 Å². The van der Waals surface area contributed by atoms with Crippen molar-refractivity contribution in [2.45, 2.75) is 12.8 Å². The third-order valence-corrected chi connectivity index (χ3v) is 4.38. The maximum absolute atomic E-state index is 11.9. The molecule has 0 radical (unpaired) electrons. The SMILES string of the molecule is O=C(CC1CCNC1)Nc1c(Br)cc(Cl)cc1Br. The Morgan fingerprint density at radius 3 is 2.67 bits per heavy atom. The number of hydrogen-bond donors (Lipinski definition) is 2. The van der Waals surface area contributed by atoms with Gasteiger partial charge in [-0.15, -0.1) is 0 Å². The van der Waals surface area contributed by atoms with Crippen LogP contribution in [-0.2, 0) is 4.79 Å². The number of carbonyl (C=O) groups excluding carboxylic acids is 1. The number of nitrogens with one attached hydrogen (secondary N) is 2. The minimum atomic E-state index is 0.0347. The molecule has 98 valence electrons. The van der Waals surface area contributed by atoms with Crippen LogP contribution >= 0.6 is 43.5 Å². The zero-order valence-electron chi connectivity index (χ0n) is 9.60. The molecule has 1 saturated heterocycles. The zero-order valence-corrected chi connectivity index (χ0v) is 13.5. The van der Waals surface area contributed by atoms with E-state index >= 15 is 0 Å². The topological polar surface area (TPSA) is 41.1 Å². The highest BCUT2D eigenvalue weighted by Crippen LogP contribution is 2.34. The molecule has 6 heteroatoms. The van der Waals surface area contributed by atoms with Gasteiger partial charge in [0.05, 0.1) is 5.69 Å². The van der Waals surface area contributed by atoms with Crippen molar-refractivity contribution in [3.05, 3.63) is 26.1 Å². The molecule has 2 rings (SSSR count). The lowest BCUT2D eigenvalue weighted by molar-refractivity contribution is -0.116. The fourth-order valence-corrected chi connectivity index (χ4v) is 3.87. The Labute approximate surface area is 128 Å². The first-order chi connectivity index (χ1) is 8.56. The first kappa shape index (κ1) is 14.3. The van der Waals surface area contributed by atoms with Crippen molar-refractivity contribution in [3.8, 4) is 0 Å². The molecule has 1 heterocycles. The molecule has 1 aliphatic rings. The van der Waals surface area contributed by atoms with Gasteiger partial charge in [0.25, 0.3) is 0 Å². The maximum Gasteiger partial charge on any atom is 0.224 e. The van der Waals surface area contributed by atoms with E-state index in [-0.39, 0.29) is 5.91 Å². The summed E-state index contributed by atoms with van der Waals surface area (Å²) in [4.78, 5) is 11.9. The van der Waals surface area contributed by atoms with Crippen molar-refractivity contribution in [2.24, 2.45) is 5.92 Å². The van der Waals surface area contributed by atoms with Gasteiger partial charge < -0.3 is 10.6 Å². The number of carbonyl (C=O) groups is 1. The van der Waals surface area contributed by atoms with E-state index in [2.05, 4.69) is 42.5 Å². The molecule has 2 N–H and O–H groups in total. The molecule has 1 amide bonds. The average Bonchev–Trinajstić information content (AvgIpc) is 2.76. The summed E-state index contributed by atoms with van der Waals surface area (Å²) in [6.07, 6.45) is 1.62. The molecule has 3 nitrogen and oxygen atoms in total. The Hall–Kier alpha value is -0.100. The number of hydrogen-bond acceptors (Lipinski definition) is 2. The Morgan fingerprint density at radius 1 is 1.44 bits per heavy atom. The molecule has 1 aromatic carbocycles. The van der Waals surface area contributed by atoms with Crippen LogP contribution in [0.25, 0.3) is 0 Å². The Morgan fingerprint density at radius 2 is 2.11 bits per heavy atom. The van der Waals surface area contributed by atoms with Crippen LogP contribution in [0.3, 0.4) is 0 Å². The largest absolute Gasteiger partial charge is 0.324 e. The van der Waals surface area contributed by atoms with Gasteiger partial charge in [0.1, 0.15) is 0 Å². The molecule has 1 fully saturated rings. The van der Waals surface area contributed by atoms with Crippen LogP contribution in [-0.4, -0.2) is 19.0 Å². The predicted octanol–water partition coefficient (Wildman–Crippen LogP) is 3.80. The van der Waals surface area contributed by atoms with Crippen LogP contribution in [0.5, 0.6) is 0 Å². The minimum Gasteiger partial charge on any atom is -0.324 e. The van der Waals surface area contributed by atoms with Crippen molar-refractivity contribution in [3.63, 3.8) is 0 Å². The summed E-state index contributed by atoms with van der Waals surface area (Å²) < 4.78 is 1.56. The van der Waals surface area contributed by atoms with Crippen LogP contribution in [0.1, 0.15) is 12.8 Å². The van der Waals surface area contributed by atoms with E-state index in [1.54, 1.807) is 12.1 Å². The number of halogens is 3. The molecule has 1 aliphatic heterocycles. The first-order valence-electron chi connectivity index (χ1n) is 5.71. The highest BCUT2D eigenvalue weighted by atomic mass is 79.9. The lowest BCUT2D eigenvalue weighted by atomic mass is 10.0. The van der Waals surface area contributed by atoms with Crippen molar-refractivity contribution in [2.75, 3.05) is 18.4 Å². The fourth-order valence-electron chi connectivity index (χ4n) is 2.00. The molecule has 0 aromatic heterocycles. The predicted molar refractivity (Wildman–Crippen MR) is 81.1 cm³/mol. The van der Waals surface area contributed by atoms with Crippen molar-refractivity contribution in [1.29, 1.82) is 0 Å². The molecule has 0 aliphatic carbocycles. The molecule has 18 heavy (non-hydrogen) atoms. The van der Waals surface area contributed by atoms with Crippen LogP contribution in [0.15, 0.2) is 21.1 Å². The quantitative estimate of drug-likeness (QED) is 0.816. The summed E-state index contributed by atoms with van der Waals surface area (Å²) in [7, 11) is 0. The second-order valence-electron chi connectivity index (χ2n) is 4.36. The second kappa shape index (κ2) is 6.37. The van der Waals surface area contributed by atoms with Crippen LogP contribution in [0, 0.1) is 5.92 Å². The molecule has 1 unspecified atom stereocenters. The van der Waals surface area contributed by atoms with E-state index in [0.717, 1.165) is 34.1 Å². The number of benzene rings is 1. The summed E-state index contributed by atoms with van der Waals surface area (Å²) in [5.74, 6) is 0.474. The molecule has 0 bridgehead atoms. The third-order valence-electron chi connectivity index (χ3n) is 2.91. The van der Waals surface area contributed by atoms with E-state index in [9.17, 15) is 4.79 Å². The minimum absolute atomic E-state index is 0.0347. The number of rotatable bonds is 3. The molecular weight excluding hydrogens is 383 g/mol. The second-order valence-corrected chi connectivity index (χ2v) is 6.50. The third kappa shape index (κ3) is 3.70. The van der Waals surface area contributed by atoms with Gasteiger partial charge in [-0.25, -0.2) is 0 Å². The number of anilines is 1. The summed E-state index contributed by atoms with van der Waals surface area (Å²) in [6.45, 7) is 1.93. The normalized spacial score (nSPS) is 18.9. The van der Waals surface area contributed by atoms with E-state index < -0.39 is 0 Å². The van der Waals surface area contributed by atoms with Gasteiger partial charge in [0.15, 0.2) is 0 Å². The van der Waals surface area contributed by atoms with Gasteiger partial charge in [-0.3, -0.25) is 4.79 Å². The van der Waals surface area contributed by atoms with Gasteiger partial charge in [-0.05, 0) is 69.4 Å². The van der Waals surface area contributed by atoms with Crippen LogP contribution in [0.2, 0.25) is 5.02 Å². The Balaban J connectivity index is 2.02. The summed E-state index contributed by atoms with van der Waals surface area (Å²) >= 11 is 12.7. The Kier molecular flexibility index (Phi) is 5.06. The summed E-state index contributed by atoms with van der Waals surface area (Å²) in [5.41, 5.74) is 0.732. The molecule has 1 aromatic rings. The summed E-state index contributed by atoms with van der Waals surface area (Å²) in [6, 6.07) is 3.53. The smallest absolute Gasteiger partial charge is 0.224 e. The van der Waals surface area contributed by atoms with E-state index in [0.29, 0.717) is 17.4 Å². The lowest BCUT2D eigenvalue weighted by Crippen LogP contribution is -2.18. The van der Waals surface area contributed by atoms with Crippen molar-refractivity contribution < 1.29 is 4.79 Å². The van der Waals surface area contributed by atoms with Crippen LogP contribution in [0.4, 0.5) is 5.69 Å². The fraction of sp³-hybridized carbons (Fsp3) is 0.417. The van der Waals surface area contributed by atoms with E-state index in [1.807, 2.05) is 0 Å². The van der Waals surface area contributed by atoms with Gasteiger partial charge in [-0.2, -0.15) is 0 Å². The van der Waals surface area contributed by atoms with E-state index in [1.165, 1.54) is 0 Å². The number of amides is 1. The average molecular weight is 397 g/mol. The van der Waals surface area contributed by atoms with E-state index in [4.69, 9.17) is 11.6 Å². The van der Waals surface area contributed by atoms with Gasteiger partial charge in [0.2, 0.25) is 5.91 Å². The summed E-state index contributed by atoms with van der Waals surface area (Å²) in [5, 5.41) is 6.79. The monoisotopic (exact) mass is 394 g/mol. The maximum atomic E-state index is 11.9. The van der Waals surface area contributed by atoms with Gasteiger partial charge >= 0.3 is 0 Å². The lowest BCUT2D eigenvalue weighted by Gasteiger charge is -2.12. The standard InChI is InChI=1S/C12H13Br2ClN2O/c13-9-4-8(15)5-10(14)12(9)17-11(18)3-7-1-2-16-6-7/h4-5,7,16H,1-3,6H2,(H,17,18). The molecule has 1 atom stereocenters. The zero-order chi connectivity index (χ0) is 13.1. The van der Waals surface area contributed by atoms with Gasteiger partial charge in [0, 0.05) is 20.4 Å². The highest BCUT2D eigenvalue weighted by molar-refractivity contribution is 9.11. The van der Waals surface area contributed by atoms with Crippen LogP contribution < -0.4 is 10.6 Å². The van der Waals surface area contributed by atoms with Gasteiger partial charge in [-0.1, -0.05) is 11.6 Å². The highest BCUT2D eigenvalue weighted by Gasteiger charge is 2.19. The molecule has 0 spiro atoms. The molecular formula is C12H13Br2ClN2O. The first-order valence-corrected chi connectivity index (χ1v) is 7.68. The Bertz CT molecular complexity index is 438. The molecule has 0 saturated carbocycles. The van der Waals surface area contributed by atoms with Crippen molar-refractivity contribution >= 4 is 55.1 Å².